The highest BCUT2D eigenvalue weighted by Crippen LogP contribution is 2.13. The van der Waals surface area contributed by atoms with Crippen molar-refractivity contribution in [3.05, 3.63) is 81.3 Å². The number of aryl methyl sites for hydroxylation is 2. The molecule has 0 spiro atoms. The molecular weight excluding hydrogens is 556 g/mol. The number of benzene rings is 1. The van der Waals surface area contributed by atoms with E-state index < -0.39 is 35.5 Å². The van der Waals surface area contributed by atoms with Crippen molar-refractivity contribution in [2.75, 3.05) is 11.2 Å². The summed E-state index contributed by atoms with van der Waals surface area (Å²) in [4.78, 5) is 54.2. The number of amides is 3. The molecule has 0 aliphatic heterocycles. The number of pyridine rings is 1. The van der Waals surface area contributed by atoms with E-state index in [4.69, 9.17) is 15.6 Å². The third kappa shape index (κ3) is 10.1. The van der Waals surface area contributed by atoms with Gasteiger partial charge in [-0.15, -0.1) is 0 Å². The monoisotopic (exact) mass is 582 g/mol. The Balaban J connectivity index is 0.000000745. The van der Waals surface area contributed by atoms with Gasteiger partial charge < -0.3 is 21.5 Å². The molecule has 3 aromatic rings. The number of aliphatic carboxylic acids is 1. The number of carbonyl (C=O) groups excluding carboxylic acids is 2. The third-order valence-corrected chi connectivity index (χ3v) is 5.18. The van der Waals surface area contributed by atoms with Gasteiger partial charge in [0.2, 0.25) is 11.7 Å². The zero-order valence-corrected chi connectivity index (χ0v) is 21.7. The molecule has 0 atom stereocenters. The van der Waals surface area contributed by atoms with Gasteiger partial charge in [0.05, 0.1) is 0 Å². The SMILES string of the molecule is Cc1nc(N)ccc1CNC(=O)Cn1c(C)cnc(NNC(=O)NCc2ccccc2F)c1=O.O=C(O)C(F)(F)F. The van der Waals surface area contributed by atoms with E-state index >= 15 is 0 Å². The average Bonchev–Trinajstić information content (AvgIpc) is 2.89. The summed E-state index contributed by atoms with van der Waals surface area (Å²) in [6, 6.07) is 8.75. The van der Waals surface area contributed by atoms with Gasteiger partial charge in [0.1, 0.15) is 18.2 Å². The second kappa shape index (κ2) is 14.2. The fourth-order valence-electron chi connectivity index (χ4n) is 3.02. The van der Waals surface area contributed by atoms with Crippen molar-refractivity contribution in [1.29, 1.82) is 0 Å². The Bertz CT molecular complexity index is 1460. The van der Waals surface area contributed by atoms with Crippen LogP contribution < -0.4 is 32.8 Å². The number of hydrogen-bond acceptors (Lipinski definition) is 8. The number of carboxylic acid groups (broad SMARTS) is 1. The van der Waals surface area contributed by atoms with E-state index in [0.717, 1.165) is 5.56 Å². The van der Waals surface area contributed by atoms with E-state index in [-0.39, 0.29) is 25.5 Å². The molecule has 13 nitrogen and oxygen atoms in total. The van der Waals surface area contributed by atoms with Crippen LogP contribution in [-0.2, 0) is 29.2 Å². The number of hydrazine groups is 1. The number of rotatable bonds is 8. The van der Waals surface area contributed by atoms with Gasteiger partial charge in [-0.2, -0.15) is 13.2 Å². The van der Waals surface area contributed by atoms with Crippen molar-refractivity contribution >= 4 is 29.5 Å². The first kappa shape index (κ1) is 32.0. The number of nitrogens with zero attached hydrogens (tertiary/aromatic N) is 3. The summed E-state index contributed by atoms with van der Waals surface area (Å²) < 4.78 is 46.6. The van der Waals surface area contributed by atoms with Crippen LogP contribution in [0.4, 0.5) is 34.0 Å². The molecule has 41 heavy (non-hydrogen) atoms. The molecule has 0 unspecified atom stereocenters. The maximum Gasteiger partial charge on any atom is 0.490 e. The number of halogens is 4. The summed E-state index contributed by atoms with van der Waals surface area (Å²) in [6.45, 7) is 3.35. The molecule has 0 radical (unpaired) electrons. The topological polar surface area (TPSA) is 193 Å². The summed E-state index contributed by atoms with van der Waals surface area (Å²) >= 11 is 0. The predicted octanol–water partition coefficient (Wildman–Crippen LogP) is 1.75. The zero-order chi connectivity index (χ0) is 30.7. The molecule has 7 N–H and O–H groups in total. The Hall–Kier alpha value is -5.22. The number of alkyl halides is 3. The Labute approximate surface area is 229 Å². The molecule has 0 aliphatic carbocycles. The lowest BCUT2D eigenvalue weighted by atomic mass is 10.2. The zero-order valence-electron chi connectivity index (χ0n) is 21.7. The summed E-state index contributed by atoms with van der Waals surface area (Å²) in [5.41, 5.74) is 12.0. The van der Waals surface area contributed by atoms with Crippen LogP contribution in [0, 0.1) is 19.7 Å². The van der Waals surface area contributed by atoms with Crippen molar-refractivity contribution in [3.63, 3.8) is 0 Å². The van der Waals surface area contributed by atoms with Crippen molar-refractivity contribution in [3.8, 4) is 0 Å². The smallest absolute Gasteiger partial charge is 0.475 e. The van der Waals surface area contributed by atoms with Gasteiger partial charge >= 0.3 is 18.2 Å². The lowest BCUT2D eigenvalue weighted by molar-refractivity contribution is -0.192. The Morgan fingerprint density at radius 2 is 1.66 bits per heavy atom. The molecule has 0 saturated heterocycles. The van der Waals surface area contributed by atoms with Crippen LogP contribution in [0.15, 0.2) is 47.4 Å². The maximum atomic E-state index is 13.6. The third-order valence-electron chi connectivity index (χ3n) is 5.18. The molecule has 220 valence electrons. The molecular formula is C24H26F4N8O5. The van der Waals surface area contributed by atoms with Gasteiger partial charge in [-0.3, -0.25) is 25.0 Å². The van der Waals surface area contributed by atoms with E-state index in [1.54, 1.807) is 44.2 Å². The van der Waals surface area contributed by atoms with Crippen LogP contribution in [0.5, 0.6) is 0 Å². The van der Waals surface area contributed by atoms with E-state index in [2.05, 4.69) is 31.5 Å². The van der Waals surface area contributed by atoms with Gasteiger partial charge in [-0.25, -0.2) is 23.9 Å². The maximum absolute atomic E-state index is 13.6. The highest BCUT2D eigenvalue weighted by atomic mass is 19.4. The fraction of sp³-hybridized carbons (Fsp3) is 0.250. The van der Waals surface area contributed by atoms with E-state index in [1.165, 1.54) is 16.8 Å². The summed E-state index contributed by atoms with van der Waals surface area (Å²) in [5, 5.41) is 12.3. The molecule has 0 saturated carbocycles. The van der Waals surface area contributed by atoms with Crippen molar-refractivity contribution < 1.29 is 37.1 Å². The molecule has 0 bridgehead atoms. The molecule has 3 rings (SSSR count). The lowest BCUT2D eigenvalue weighted by Crippen LogP contribution is -2.42. The second-order valence-electron chi connectivity index (χ2n) is 8.22. The van der Waals surface area contributed by atoms with Gasteiger partial charge in [0.15, 0.2) is 0 Å². The number of carboxylic acids is 1. The Morgan fingerprint density at radius 3 is 2.27 bits per heavy atom. The highest BCUT2D eigenvalue weighted by Gasteiger charge is 2.38. The van der Waals surface area contributed by atoms with Crippen LogP contribution in [-0.4, -0.2) is 43.7 Å². The van der Waals surface area contributed by atoms with Gasteiger partial charge in [0.25, 0.3) is 5.56 Å². The number of hydrogen-bond donors (Lipinski definition) is 6. The van der Waals surface area contributed by atoms with Crippen LogP contribution >= 0.6 is 0 Å². The number of urea groups is 1. The van der Waals surface area contributed by atoms with Crippen molar-refractivity contribution in [2.24, 2.45) is 0 Å². The van der Waals surface area contributed by atoms with Crippen LogP contribution in [0.1, 0.15) is 22.5 Å². The van der Waals surface area contributed by atoms with E-state index in [0.29, 0.717) is 22.8 Å². The number of nitrogens with one attached hydrogen (secondary N) is 4. The van der Waals surface area contributed by atoms with Gasteiger partial charge in [-0.05, 0) is 31.5 Å². The summed E-state index contributed by atoms with van der Waals surface area (Å²) in [5.74, 6) is -3.39. The Kier molecular flexibility index (Phi) is 11.1. The van der Waals surface area contributed by atoms with E-state index in [9.17, 15) is 31.9 Å². The summed E-state index contributed by atoms with van der Waals surface area (Å²) in [7, 11) is 0. The fourth-order valence-corrected chi connectivity index (χ4v) is 3.02. The standard InChI is InChI=1S/C22H25FN8O3.C2HF3O2/c1-13-9-26-20(29-30-22(34)27-11-16-5-3-4-6-17(16)23)21(33)31(13)12-19(32)25-10-15-7-8-18(24)28-14(15)2;3-2(4,5)1(6)7/h3-9H,10-12H2,1-2H3,(H2,24,28)(H,25,32)(H,26,29)(H2,27,30,34);(H,6,7). The normalized spacial score (nSPS) is 10.6. The van der Waals surface area contributed by atoms with Crippen LogP contribution in [0.2, 0.25) is 0 Å². The van der Waals surface area contributed by atoms with E-state index in [1.807, 2.05) is 0 Å². The first-order valence-electron chi connectivity index (χ1n) is 11.6. The van der Waals surface area contributed by atoms with Crippen molar-refractivity contribution in [1.82, 2.24) is 30.6 Å². The molecule has 0 aliphatic rings. The van der Waals surface area contributed by atoms with Gasteiger partial charge in [-0.1, -0.05) is 24.3 Å². The molecule has 3 amide bonds. The molecule has 1 aromatic carbocycles. The highest BCUT2D eigenvalue weighted by molar-refractivity contribution is 5.76. The molecule has 2 heterocycles. The van der Waals surface area contributed by atoms with Crippen LogP contribution in [0.25, 0.3) is 0 Å². The molecule has 2 aromatic heterocycles. The first-order valence-corrected chi connectivity index (χ1v) is 11.6. The number of nitrogens with two attached hydrogens (primary N) is 1. The lowest BCUT2D eigenvalue weighted by Gasteiger charge is -2.14. The second-order valence-corrected chi connectivity index (χ2v) is 8.22. The minimum Gasteiger partial charge on any atom is -0.475 e. The van der Waals surface area contributed by atoms with Crippen LogP contribution in [0.3, 0.4) is 0 Å². The molecule has 0 fully saturated rings. The molecule has 17 heteroatoms. The number of anilines is 2. The minimum absolute atomic E-state index is 0.0467. The van der Waals surface area contributed by atoms with Crippen molar-refractivity contribution in [2.45, 2.75) is 39.7 Å². The number of carbonyl (C=O) groups is 3. The first-order chi connectivity index (χ1) is 19.2. The largest absolute Gasteiger partial charge is 0.490 e. The number of nitrogen functional groups attached to an aromatic ring is 1. The average molecular weight is 583 g/mol. The number of aromatic nitrogens is 3. The quantitative estimate of drug-likeness (QED) is 0.170. The van der Waals surface area contributed by atoms with Gasteiger partial charge in [0, 0.05) is 36.2 Å². The minimum atomic E-state index is -5.08. The predicted molar refractivity (Wildman–Crippen MR) is 138 cm³/mol. The Morgan fingerprint density at radius 1 is 1.02 bits per heavy atom. The summed E-state index contributed by atoms with van der Waals surface area (Å²) in [6.07, 6.45) is -3.69.